The van der Waals surface area contributed by atoms with Gasteiger partial charge in [-0.2, -0.15) is 0 Å². The van der Waals surface area contributed by atoms with Gasteiger partial charge in [0.2, 0.25) is 0 Å². The zero-order valence-corrected chi connectivity index (χ0v) is 11.6. The van der Waals surface area contributed by atoms with Crippen molar-refractivity contribution in [3.05, 3.63) is 44.6 Å². The largest absolute Gasteiger partial charge is 0.487 e. The molecule has 0 radical (unpaired) electrons. The number of hydrogen-bond acceptors (Lipinski definition) is 4. The van der Waals surface area contributed by atoms with Gasteiger partial charge in [-0.05, 0) is 34.1 Å². The van der Waals surface area contributed by atoms with Crippen LogP contribution in [-0.4, -0.2) is 11.1 Å². The van der Waals surface area contributed by atoms with Gasteiger partial charge in [0.15, 0.2) is 0 Å². The third-order valence-electron chi connectivity index (χ3n) is 2.26. The van der Waals surface area contributed by atoms with Crippen LogP contribution in [0.5, 0.6) is 5.75 Å². The Morgan fingerprint density at radius 2 is 2.28 bits per heavy atom. The lowest BCUT2D eigenvalue weighted by molar-refractivity contribution is 0.0693. The molecule has 0 amide bonds. The average molecular weight is 328 g/mol. The summed E-state index contributed by atoms with van der Waals surface area (Å²) < 4.78 is 6.49. The summed E-state index contributed by atoms with van der Waals surface area (Å²) in [5, 5.41) is 11.0. The second-order valence-electron chi connectivity index (χ2n) is 3.55. The number of aromatic carboxylic acids is 1. The lowest BCUT2D eigenvalue weighted by Crippen LogP contribution is -2.06. The molecule has 18 heavy (non-hydrogen) atoms. The van der Waals surface area contributed by atoms with Crippen LogP contribution in [0.4, 0.5) is 5.69 Å². The lowest BCUT2D eigenvalue weighted by Gasteiger charge is -2.09. The van der Waals surface area contributed by atoms with Crippen LogP contribution in [0, 0.1) is 0 Å². The fourth-order valence-corrected chi connectivity index (χ4v) is 2.84. The highest BCUT2D eigenvalue weighted by molar-refractivity contribution is 9.10. The fraction of sp³-hybridized carbons (Fsp3) is 0.0833. The van der Waals surface area contributed by atoms with Gasteiger partial charge in [-0.25, -0.2) is 4.79 Å². The van der Waals surface area contributed by atoms with Gasteiger partial charge >= 0.3 is 5.97 Å². The van der Waals surface area contributed by atoms with E-state index in [1.807, 2.05) is 11.4 Å². The Bertz CT molecular complexity index is 582. The van der Waals surface area contributed by atoms with Crippen molar-refractivity contribution in [1.29, 1.82) is 0 Å². The number of thiophene rings is 1. The molecule has 3 N–H and O–H groups in total. The van der Waals surface area contributed by atoms with Crippen LogP contribution in [0.2, 0.25) is 0 Å². The minimum Gasteiger partial charge on any atom is -0.487 e. The number of carboxylic acid groups (broad SMARTS) is 1. The zero-order chi connectivity index (χ0) is 13.1. The quantitative estimate of drug-likeness (QED) is 0.844. The molecular weight excluding hydrogens is 318 g/mol. The van der Waals surface area contributed by atoms with Crippen molar-refractivity contribution in [2.75, 3.05) is 5.73 Å². The van der Waals surface area contributed by atoms with Crippen molar-refractivity contribution in [2.45, 2.75) is 6.61 Å². The summed E-state index contributed by atoms with van der Waals surface area (Å²) >= 11 is 4.89. The van der Waals surface area contributed by atoms with E-state index in [0.717, 1.165) is 9.35 Å². The van der Waals surface area contributed by atoms with Crippen molar-refractivity contribution in [3.63, 3.8) is 0 Å². The number of anilines is 1. The van der Waals surface area contributed by atoms with Crippen LogP contribution < -0.4 is 10.5 Å². The number of rotatable bonds is 4. The molecular formula is C12H10BrNO3S. The van der Waals surface area contributed by atoms with E-state index in [-0.39, 0.29) is 17.0 Å². The number of nitrogen functional groups attached to an aromatic ring is 1. The third-order valence-corrected chi connectivity index (χ3v) is 3.94. The molecule has 0 saturated heterocycles. The Hall–Kier alpha value is -1.53. The van der Waals surface area contributed by atoms with E-state index >= 15 is 0 Å². The number of nitrogens with two attached hydrogens (primary N) is 1. The maximum Gasteiger partial charge on any atom is 0.341 e. The smallest absolute Gasteiger partial charge is 0.341 e. The fourth-order valence-electron chi connectivity index (χ4n) is 1.48. The maximum absolute atomic E-state index is 11.1. The molecule has 0 aliphatic heterocycles. The molecule has 2 aromatic rings. The molecule has 1 aromatic heterocycles. The molecule has 0 atom stereocenters. The number of hydrogen-bond donors (Lipinski definition) is 2. The second-order valence-corrected chi connectivity index (χ2v) is 5.46. The zero-order valence-electron chi connectivity index (χ0n) is 9.22. The minimum absolute atomic E-state index is 0.00752. The first-order chi connectivity index (χ1) is 8.58. The number of carboxylic acids is 1. The van der Waals surface area contributed by atoms with Crippen molar-refractivity contribution in [2.24, 2.45) is 0 Å². The summed E-state index contributed by atoms with van der Waals surface area (Å²) in [5.41, 5.74) is 5.84. The van der Waals surface area contributed by atoms with Gasteiger partial charge in [-0.15, -0.1) is 11.3 Å². The normalized spacial score (nSPS) is 10.3. The standard InChI is InChI=1S/C12H10BrNO3S/c13-7-4-8(18-6-7)5-17-10-3-1-2-9(14)11(10)12(15)16/h1-4,6H,5,14H2,(H,15,16). The molecule has 0 unspecified atom stereocenters. The highest BCUT2D eigenvalue weighted by Crippen LogP contribution is 2.27. The van der Waals surface area contributed by atoms with E-state index in [1.165, 1.54) is 17.4 Å². The molecule has 0 aliphatic carbocycles. The number of carbonyl (C=O) groups is 1. The van der Waals surface area contributed by atoms with Gasteiger partial charge in [0, 0.05) is 20.4 Å². The summed E-state index contributed by atoms with van der Waals surface area (Å²) in [6, 6.07) is 6.74. The molecule has 1 heterocycles. The highest BCUT2D eigenvalue weighted by Gasteiger charge is 2.15. The van der Waals surface area contributed by atoms with Crippen molar-refractivity contribution in [3.8, 4) is 5.75 Å². The van der Waals surface area contributed by atoms with Gasteiger partial charge in [-0.3, -0.25) is 0 Å². The Morgan fingerprint density at radius 1 is 1.50 bits per heavy atom. The molecule has 94 valence electrons. The summed E-state index contributed by atoms with van der Waals surface area (Å²) in [5.74, 6) is -0.803. The predicted molar refractivity (Wildman–Crippen MR) is 74.2 cm³/mol. The second kappa shape index (κ2) is 5.41. The van der Waals surface area contributed by atoms with Gasteiger partial charge in [-0.1, -0.05) is 6.07 Å². The predicted octanol–water partition coefficient (Wildman–Crippen LogP) is 3.37. The van der Waals surface area contributed by atoms with Crippen molar-refractivity contribution in [1.82, 2.24) is 0 Å². The summed E-state index contributed by atoms with van der Waals surface area (Å²) in [6.07, 6.45) is 0. The molecule has 0 spiro atoms. The molecule has 1 aromatic carbocycles. The maximum atomic E-state index is 11.1. The van der Waals surface area contributed by atoms with Gasteiger partial charge in [0.25, 0.3) is 0 Å². The van der Waals surface area contributed by atoms with Gasteiger partial charge in [0.05, 0.1) is 0 Å². The first-order valence-corrected chi connectivity index (χ1v) is 6.72. The molecule has 0 bridgehead atoms. The van der Waals surface area contributed by atoms with E-state index < -0.39 is 5.97 Å². The topological polar surface area (TPSA) is 72.5 Å². The van der Waals surface area contributed by atoms with Crippen LogP contribution >= 0.6 is 27.3 Å². The SMILES string of the molecule is Nc1cccc(OCc2cc(Br)cs2)c1C(=O)O. The molecule has 0 aliphatic rings. The van der Waals surface area contributed by atoms with Gasteiger partial charge < -0.3 is 15.6 Å². The Kier molecular flexibility index (Phi) is 3.88. The Labute approximate surface area is 116 Å². The van der Waals surface area contributed by atoms with Gasteiger partial charge in [0.1, 0.15) is 17.9 Å². The van der Waals surface area contributed by atoms with Crippen molar-refractivity contribution < 1.29 is 14.6 Å². The number of halogens is 1. The van der Waals surface area contributed by atoms with E-state index in [1.54, 1.807) is 12.1 Å². The Morgan fingerprint density at radius 3 is 2.89 bits per heavy atom. The van der Waals surface area contributed by atoms with Crippen LogP contribution in [-0.2, 0) is 6.61 Å². The van der Waals surface area contributed by atoms with Crippen LogP contribution in [0.25, 0.3) is 0 Å². The van der Waals surface area contributed by atoms with Crippen LogP contribution in [0.1, 0.15) is 15.2 Å². The molecule has 2 rings (SSSR count). The number of benzene rings is 1. The average Bonchev–Trinajstić information content (AvgIpc) is 2.72. The monoisotopic (exact) mass is 327 g/mol. The van der Waals surface area contributed by atoms with Crippen LogP contribution in [0.15, 0.2) is 34.1 Å². The molecule has 6 heteroatoms. The minimum atomic E-state index is -1.09. The van der Waals surface area contributed by atoms with Crippen molar-refractivity contribution >= 4 is 38.9 Å². The molecule has 0 saturated carbocycles. The summed E-state index contributed by atoms with van der Waals surface area (Å²) in [6.45, 7) is 0.319. The highest BCUT2D eigenvalue weighted by atomic mass is 79.9. The first-order valence-electron chi connectivity index (χ1n) is 5.05. The van der Waals surface area contributed by atoms with E-state index in [2.05, 4.69) is 15.9 Å². The first kappa shape index (κ1) is 12.9. The Balaban J connectivity index is 2.19. The molecule has 0 fully saturated rings. The summed E-state index contributed by atoms with van der Waals surface area (Å²) in [4.78, 5) is 12.1. The van der Waals surface area contributed by atoms with E-state index in [9.17, 15) is 4.79 Å². The third kappa shape index (κ3) is 2.83. The van der Waals surface area contributed by atoms with E-state index in [4.69, 9.17) is 15.6 Å². The molecule has 4 nitrogen and oxygen atoms in total. The summed E-state index contributed by atoms with van der Waals surface area (Å²) in [7, 11) is 0. The number of ether oxygens (including phenoxy) is 1. The lowest BCUT2D eigenvalue weighted by atomic mass is 10.1. The van der Waals surface area contributed by atoms with Crippen LogP contribution in [0.3, 0.4) is 0 Å². The van der Waals surface area contributed by atoms with E-state index in [0.29, 0.717) is 6.61 Å².